The molecule has 1 aliphatic rings. The fourth-order valence-corrected chi connectivity index (χ4v) is 4.91. The summed E-state index contributed by atoms with van der Waals surface area (Å²) in [5.74, 6) is 0. The van der Waals surface area contributed by atoms with Crippen molar-refractivity contribution in [1.29, 1.82) is 0 Å². The minimum atomic E-state index is 0.846. The van der Waals surface area contributed by atoms with Gasteiger partial charge in [0.1, 0.15) is 0 Å². The van der Waals surface area contributed by atoms with Gasteiger partial charge in [-0.2, -0.15) is 0 Å². The van der Waals surface area contributed by atoms with Gasteiger partial charge in [0.2, 0.25) is 0 Å². The van der Waals surface area contributed by atoms with Gasteiger partial charge >= 0.3 is 0 Å². The van der Waals surface area contributed by atoms with Crippen LogP contribution in [-0.4, -0.2) is 35.6 Å². The molecule has 1 aliphatic heterocycles. The number of anilines is 1. The third-order valence-corrected chi connectivity index (χ3v) is 6.44. The summed E-state index contributed by atoms with van der Waals surface area (Å²) in [7, 11) is 0. The zero-order valence-electron chi connectivity index (χ0n) is 16.8. The number of nitrogens with zero attached hydrogens (tertiary/aromatic N) is 3. The Kier molecular flexibility index (Phi) is 4.94. The van der Waals surface area contributed by atoms with E-state index in [-0.39, 0.29) is 0 Å². The van der Waals surface area contributed by atoms with Crippen LogP contribution in [0.1, 0.15) is 12.5 Å². The summed E-state index contributed by atoms with van der Waals surface area (Å²) in [5.41, 5.74) is 5.21. The van der Waals surface area contributed by atoms with Crippen molar-refractivity contribution in [2.24, 2.45) is 0 Å². The first-order valence-electron chi connectivity index (χ1n) is 10.5. The minimum absolute atomic E-state index is 0.846. The summed E-state index contributed by atoms with van der Waals surface area (Å²) < 4.78 is 2.41. The molecule has 2 heterocycles. The van der Waals surface area contributed by atoms with Gasteiger partial charge in [-0.1, -0.05) is 48.0 Å². The van der Waals surface area contributed by atoms with Crippen LogP contribution in [0.4, 0.5) is 5.69 Å². The molecule has 0 unspecified atom stereocenters. The Hall–Kier alpha value is -2.49. The van der Waals surface area contributed by atoms with Crippen LogP contribution in [0.2, 0.25) is 5.02 Å². The lowest BCUT2D eigenvalue weighted by molar-refractivity contribution is 0.250. The van der Waals surface area contributed by atoms with Gasteiger partial charge in [0, 0.05) is 61.1 Å². The zero-order valence-corrected chi connectivity index (χ0v) is 17.6. The molecular formula is C25H26ClN3. The van der Waals surface area contributed by atoms with Gasteiger partial charge in [-0.05, 0) is 42.8 Å². The number of rotatable bonds is 4. The fourth-order valence-electron chi connectivity index (χ4n) is 4.65. The van der Waals surface area contributed by atoms with E-state index in [1.165, 1.54) is 27.4 Å². The van der Waals surface area contributed by atoms with Crippen LogP contribution in [0.25, 0.3) is 21.8 Å². The number of aryl methyl sites for hydroxylation is 1. The van der Waals surface area contributed by atoms with E-state index >= 15 is 0 Å². The average molecular weight is 404 g/mol. The van der Waals surface area contributed by atoms with Crippen LogP contribution in [0, 0.1) is 0 Å². The maximum Gasteiger partial charge on any atom is 0.0639 e. The predicted octanol–water partition coefficient (Wildman–Crippen LogP) is 5.79. The monoisotopic (exact) mass is 403 g/mol. The molecule has 0 N–H and O–H groups in total. The van der Waals surface area contributed by atoms with E-state index in [0.717, 1.165) is 50.0 Å². The first-order chi connectivity index (χ1) is 14.2. The highest BCUT2D eigenvalue weighted by atomic mass is 35.5. The summed E-state index contributed by atoms with van der Waals surface area (Å²) in [5, 5.41) is 3.57. The number of para-hydroxylation sites is 2. The summed E-state index contributed by atoms with van der Waals surface area (Å²) in [6.45, 7) is 8.35. The Morgan fingerprint density at radius 3 is 2.31 bits per heavy atom. The second-order valence-electron chi connectivity index (χ2n) is 7.83. The quantitative estimate of drug-likeness (QED) is 0.427. The van der Waals surface area contributed by atoms with Crippen molar-refractivity contribution < 1.29 is 0 Å². The summed E-state index contributed by atoms with van der Waals surface area (Å²) in [6, 6.07) is 23.9. The Morgan fingerprint density at radius 2 is 1.52 bits per heavy atom. The average Bonchev–Trinajstić information content (AvgIpc) is 3.08. The van der Waals surface area contributed by atoms with Crippen molar-refractivity contribution in [2.75, 3.05) is 31.1 Å². The maximum absolute atomic E-state index is 6.38. The molecule has 1 saturated heterocycles. The lowest BCUT2D eigenvalue weighted by atomic mass is 10.1. The van der Waals surface area contributed by atoms with Crippen LogP contribution in [0.5, 0.6) is 0 Å². The molecule has 0 atom stereocenters. The van der Waals surface area contributed by atoms with E-state index in [4.69, 9.17) is 11.6 Å². The molecular weight excluding hydrogens is 378 g/mol. The molecule has 0 bridgehead atoms. The topological polar surface area (TPSA) is 11.4 Å². The summed E-state index contributed by atoms with van der Waals surface area (Å²) in [6.07, 6.45) is 0. The van der Waals surface area contributed by atoms with Crippen molar-refractivity contribution in [3.63, 3.8) is 0 Å². The molecule has 0 aliphatic carbocycles. The minimum Gasteiger partial charge on any atom is -0.368 e. The molecule has 0 radical (unpaired) electrons. The van der Waals surface area contributed by atoms with E-state index < -0.39 is 0 Å². The standard InChI is InChI=1S/C25H26ClN3/c1-2-29-23-9-5-3-7-20(23)21-17-19(11-12-24(21)29)18-27-13-15-28(16-14-27)25-10-6-4-8-22(25)26/h3-12,17H,2,13-16,18H2,1H3. The number of benzene rings is 3. The Bertz CT molecular complexity index is 1160. The van der Waals surface area contributed by atoms with Crippen LogP contribution in [-0.2, 0) is 13.1 Å². The number of aromatic nitrogens is 1. The molecule has 1 aromatic heterocycles. The van der Waals surface area contributed by atoms with Gasteiger partial charge in [-0.15, -0.1) is 0 Å². The number of hydrogen-bond acceptors (Lipinski definition) is 2. The molecule has 4 aromatic rings. The van der Waals surface area contributed by atoms with Gasteiger partial charge in [-0.3, -0.25) is 4.90 Å². The van der Waals surface area contributed by atoms with Crippen LogP contribution >= 0.6 is 11.6 Å². The van der Waals surface area contributed by atoms with E-state index in [9.17, 15) is 0 Å². The molecule has 3 nitrogen and oxygen atoms in total. The van der Waals surface area contributed by atoms with Crippen molar-refractivity contribution in [3.05, 3.63) is 77.3 Å². The second-order valence-corrected chi connectivity index (χ2v) is 8.23. The highest BCUT2D eigenvalue weighted by molar-refractivity contribution is 6.33. The molecule has 29 heavy (non-hydrogen) atoms. The van der Waals surface area contributed by atoms with Crippen molar-refractivity contribution >= 4 is 39.1 Å². The Morgan fingerprint density at radius 1 is 0.793 bits per heavy atom. The fraction of sp³-hybridized carbons (Fsp3) is 0.280. The number of piperazine rings is 1. The molecule has 148 valence electrons. The normalized spacial score (nSPS) is 15.4. The van der Waals surface area contributed by atoms with Crippen LogP contribution in [0.15, 0.2) is 66.7 Å². The largest absolute Gasteiger partial charge is 0.368 e. The molecule has 4 heteroatoms. The molecule has 3 aromatic carbocycles. The Labute approximate surface area is 177 Å². The van der Waals surface area contributed by atoms with Gasteiger partial charge in [0.05, 0.1) is 10.7 Å². The molecule has 0 spiro atoms. The predicted molar refractivity (Wildman–Crippen MR) is 124 cm³/mol. The Balaban J connectivity index is 1.35. The SMILES string of the molecule is CCn1c2ccccc2c2cc(CN3CCN(c4ccccc4Cl)CC3)ccc21. The molecule has 1 fully saturated rings. The third kappa shape index (κ3) is 3.39. The van der Waals surface area contributed by atoms with Crippen molar-refractivity contribution in [3.8, 4) is 0 Å². The lowest BCUT2D eigenvalue weighted by Crippen LogP contribution is -2.46. The third-order valence-electron chi connectivity index (χ3n) is 6.12. The van der Waals surface area contributed by atoms with Crippen molar-refractivity contribution in [2.45, 2.75) is 20.0 Å². The molecule has 0 amide bonds. The highest BCUT2D eigenvalue weighted by Crippen LogP contribution is 2.30. The van der Waals surface area contributed by atoms with Gasteiger partial charge < -0.3 is 9.47 Å². The van der Waals surface area contributed by atoms with Gasteiger partial charge in [0.15, 0.2) is 0 Å². The molecule has 0 saturated carbocycles. The van der Waals surface area contributed by atoms with Crippen molar-refractivity contribution in [1.82, 2.24) is 9.47 Å². The van der Waals surface area contributed by atoms with Gasteiger partial charge in [0.25, 0.3) is 0 Å². The smallest absolute Gasteiger partial charge is 0.0639 e. The van der Waals surface area contributed by atoms with E-state index in [1.807, 2.05) is 12.1 Å². The van der Waals surface area contributed by atoms with Gasteiger partial charge in [-0.25, -0.2) is 0 Å². The first kappa shape index (κ1) is 18.5. The zero-order chi connectivity index (χ0) is 19.8. The van der Waals surface area contributed by atoms with Crippen LogP contribution < -0.4 is 4.90 Å². The first-order valence-corrected chi connectivity index (χ1v) is 10.8. The molecule has 5 rings (SSSR count). The number of hydrogen-bond donors (Lipinski definition) is 0. The maximum atomic E-state index is 6.38. The van der Waals surface area contributed by atoms with E-state index in [2.05, 4.69) is 75.9 Å². The van der Waals surface area contributed by atoms with E-state index in [1.54, 1.807) is 0 Å². The lowest BCUT2D eigenvalue weighted by Gasteiger charge is -2.36. The van der Waals surface area contributed by atoms with E-state index in [0.29, 0.717) is 0 Å². The second kappa shape index (κ2) is 7.74. The number of halogens is 1. The highest BCUT2D eigenvalue weighted by Gasteiger charge is 2.19. The van der Waals surface area contributed by atoms with Crippen LogP contribution in [0.3, 0.4) is 0 Å². The summed E-state index contributed by atoms with van der Waals surface area (Å²) >= 11 is 6.38. The summed E-state index contributed by atoms with van der Waals surface area (Å²) in [4.78, 5) is 4.95. The number of fused-ring (bicyclic) bond motifs is 3.